The topological polar surface area (TPSA) is 90.0 Å². The van der Waals surface area contributed by atoms with Gasteiger partial charge in [0.05, 0.1) is 6.54 Å². The first-order valence-electron chi connectivity index (χ1n) is 6.27. The number of hydrogen-bond acceptors (Lipinski definition) is 4. The lowest BCUT2D eigenvalue weighted by Gasteiger charge is -2.12. The Morgan fingerprint density at radius 2 is 2.10 bits per heavy atom. The van der Waals surface area contributed by atoms with Crippen molar-refractivity contribution in [2.24, 2.45) is 5.84 Å². The van der Waals surface area contributed by atoms with Crippen LogP contribution in [0.25, 0.3) is 0 Å². The largest absolute Gasteiger partial charge is 0.348 e. The molecule has 0 aliphatic heterocycles. The van der Waals surface area contributed by atoms with Gasteiger partial charge in [-0.2, -0.15) is 4.98 Å². The molecule has 3 N–H and O–H groups in total. The number of nitrogens with zero attached hydrogens (tertiary/aromatic N) is 2. The second-order valence-corrected chi connectivity index (χ2v) is 5.54. The molecule has 21 heavy (non-hydrogen) atoms. The molecule has 1 aromatic carbocycles. The molecule has 1 amide bonds. The van der Waals surface area contributed by atoms with E-state index in [4.69, 9.17) is 5.84 Å². The molecule has 6 nitrogen and oxygen atoms in total. The Morgan fingerprint density at radius 1 is 1.38 bits per heavy atom. The molecule has 0 aliphatic carbocycles. The van der Waals surface area contributed by atoms with E-state index in [9.17, 15) is 9.59 Å². The number of rotatable bonds is 3. The van der Waals surface area contributed by atoms with E-state index >= 15 is 0 Å². The summed E-state index contributed by atoms with van der Waals surface area (Å²) in [6.07, 6.45) is 0. The van der Waals surface area contributed by atoms with E-state index < -0.39 is 0 Å². The SMILES string of the molecule is Cc1cc(C)n(Cc2ccc(C(=O)NN)cc2Br)c(=O)n1. The molecule has 0 saturated carbocycles. The highest BCUT2D eigenvalue weighted by Crippen LogP contribution is 2.20. The van der Waals surface area contributed by atoms with Crippen molar-refractivity contribution >= 4 is 21.8 Å². The van der Waals surface area contributed by atoms with E-state index in [0.717, 1.165) is 15.7 Å². The molecule has 2 aromatic rings. The number of halogens is 1. The minimum atomic E-state index is -0.368. The summed E-state index contributed by atoms with van der Waals surface area (Å²) in [7, 11) is 0. The van der Waals surface area contributed by atoms with Crippen LogP contribution in [-0.2, 0) is 6.54 Å². The van der Waals surface area contributed by atoms with Crippen LogP contribution in [0.4, 0.5) is 0 Å². The van der Waals surface area contributed by atoms with Crippen LogP contribution in [0.1, 0.15) is 27.3 Å². The minimum absolute atomic E-state index is 0.289. The predicted molar refractivity (Wildman–Crippen MR) is 82.9 cm³/mol. The van der Waals surface area contributed by atoms with Crippen molar-refractivity contribution in [2.45, 2.75) is 20.4 Å². The van der Waals surface area contributed by atoms with Crippen LogP contribution in [0.5, 0.6) is 0 Å². The Kier molecular flexibility index (Phi) is 4.54. The summed E-state index contributed by atoms with van der Waals surface area (Å²) in [5, 5.41) is 0. The Hall–Kier alpha value is -1.99. The van der Waals surface area contributed by atoms with Gasteiger partial charge in [0.15, 0.2) is 0 Å². The molecular weight excluding hydrogens is 336 g/mol. The van der Waals surface area contributed by atoms with Crippen LogP contribution >= 0.6 is 15.9 Å². The fourth-order valence-corrected chi connectivity index (χ4v) is 2.54. The minimum Gasteiger partial charge on any atom is -0.292 e. The maximum atomic E-state index is 12.0. The Morgan fingerprint density at radius 3 is 2.67 bits per heavy atom. The molecule has 0 atom stereocenters. The van der Waals surface area contributed by atoms with Gasteiger partial charge in [-0.3, -0.25) is 14.8 Å². The molecule has 1 aromatic heterocycles. The van der Waals surface area contributed by atoms with Crippen LogP contribution in [0, 0.1) is 13.8 Å². The maximum Gasteiger partial charge on any atom is 0.348 e. The molecule has 0 saturated heterocycles. The maximum absolute atomic E-state index is 12.0. The van der Waals surface area contributed by atoms with Crippen LogP contribution in [0.3, 0.4) is 0 Å². The van der Waals surface area contributed by atoms with Crippen molar-refractivity contribution in [1.29, 1.82) is 0 Å². The van der Waals surface area contributed by atoms with Gasteiger partial charge in [-0.15, -0.1) is 0 Å². The van der Waals surface area contributed by atoms with Crippen molar-refractivity contribution in [1.82, 2.24) is 15.0 Å². The molecule has 0 radical (unpaired) electrons. The highest BCUT2D eigenvalue weighted by Gasteiger charge is 2.10. The zero-order valence-electron chi connectivity index (χ0n) is 11.7. The fraction of sp³-hybridized carbons (Fsp3) is 0.214. The number of nitrogens with two attached hydrogens (primary N) is 1. The van der Waals surface area contributed by atoms with Gasteiger partial charge in [0.25, 0.3) is 5.91 Å². The lowest BCUT2D eigenvalue weighted by molar-refractivity contribution is 0.0953. The molecule has 0 unspecified atom stereocenters. The zero-order chi connectivity index (χ0) is 15.6. The molecule has 0 fully saturated rings. The lowest BCUT2D eigenvalue weighted by Crippen LogP contribution is -2.30. The average molecular weight is 351 g/mol. The second-order valence-electron chi connectivity index (χ2n) is 4.69. The number of aromatic nitrogens is 2. The van der Waals surface area contributed by atoms with E-state index in [1.54, 1.807) is 29.7 Å². The average Bonchev–Trinajstić information content (AvgIpc) is 2.43. The van der Waals surface area contributed by atoms with Crippen molar-refractivity contribution in [3.8, 4) is 0 Å². The van der Waals surface area contributed by atoms with Crippen LogP contribution in [0.2, 0.25) is 0 Å². The quantitative estimate of drug-likeness (QED) is 0.495. The number of amides is 1. The monoisotopic (exact) mass is 350 g/mol. The number of carbonyl (C=O) groups is 1. The van der Waals surface area contributed by atoms with E-state index in [2.05, 4.69) is 26.3 Å². The normalized spacial score (nSPS) is 10.5. The van der Waals surface area contributed by atoms with E-state index in [1.165, 1.54) is 0 Å². The molecule has 0 bridgehead atoms. The summed E-state index contributed by atoms with van der Waals surface area (Å²) in [6, 6.07) is 6.95. The first kappa shape index (κ1) is 15.4. The number of nitrogen functional groups attached to an aromatic ring is 1. The van der Waals surface area contributed by atoms with Crippen molar-refractivity contribution < 1.29 is 4.79 Å². The molecule has 1 heterocycles. The molecule has 0 spiro atoms. The summed E-state index contributed by atoms with van der Waals surface area (Å²) in [5.41, 5.74) is 4.64. The number of benzene rings is 1. The second kappa shape index (κ2) is 6.19. The van der Waals surface area contributed by atoms with E-state index in [1.807, 2.05) is 13.0 Å². The van der Waals surface area contributed by atoms with Crippen molar-refractivity contribution in [3.05, 3.63) is 61.7 Å². The third-order valence-corrected chi connectivity index (χ3v) is 3.86. The summed E-state index contributed by atoms with van der Waals surface area (Å²) < 4.78 is 2.31. The molecule has 2 rings (SSSR count). The fourth-order valence-electron chi connectivity index (χ4n) is 2.04. The zero-order valence-corrected chi connectivity index (χ0v) is 13.3. The van der Waals surface area contributed by atoms with Gasteiger partial charge in [0.1, 0.15) is 0 Å². The standard InChI is InChI=1S/C14H15BrN4O2/c1-8-5-9(2)19(14(21)17-8)7-11-4-3-10(6-12(11)15)13(20)18-16/h3-6H,7,16H2,1-2H3,(H,18,20). The van der Waals surface area contributed by atoms with Crippen molar-refractivity contribution in [2.75, 3.05) is 0 Å². The van der Waals surface area contributed by atoms with Gasteiger partial charge in [0, 0.05) is 21.4 Å². The van der Waals surface area contributed by atoms with Crippen LogP contribution < -0.4 is 17.0 Å². The predicted octanol–water partition coefficient (Wildman–Crippen LogP) is 1.27. The summed E-state index contributed by atoms with van der Waals surface area (Å²) in [6.45, 7) is 4.03. The van der Waals surface area contributed by atoms with Crippen LogP contribution in [-0.4, -0.2) is 15.5 Å². The Labute approximate surface area is 130 Å². The van der Waals surface area contributed by atoms with Crippen molar-refractivity contribution in [3.63, 3.8) is 0 Å². The molecular formula is C14H15BrN4O2. The van der Waals surface area contributed by atoms with Gasteiger partial charge in [-0.1, -0.05) is 22.0 Å². The smallest absolute Gasteiger partial charge is 0.292 e. The number of carbonyl (C=O) groups excluding carboxylic acids is 1. The highest BCUT2D eigenvalue weighted by molar-refractivity contribution is 9.10. The third kappa shape index (κ3) is 3.37. The third-order valence-electron chi connectivity index (χ3n) is 3.12. The van der Waals surface area contributed by atoms with Crippen LogP contribution in [0.15, 0.2) is 33.5 Å². The Balaban J connectivity index is 2.37. The highest BCUT2D eigenvalue weighted by atomic mass is 79.9. The Bertz CT molecular complexity index is 755. The first-order chi connectivity index (χ1) is 9.92. The number of hydrazine groups is 1. The molecule has 7 heteroatoms. The number of aryl methyl sites for hydroxylation is 2. The van der Waals surface area contributed by atoms with Gasteiger partial charge < -0.3 is 0 Å². The van der Waals surface area contributed by atoms with E-state index in [0.29, 0.717) is 17.8 Å². The van der Waals surface area contributed by atoms with Gasteiger partial charge >= 0.3 is 5.69 Å². The van der Waals surface area contributed by atoms with Gasteiger partial charge in [-0.25, -0.2) is 10.6 Å². The summed E-state index contributed by atoms with van der Waals surface area (Å²) in [4.78, 5) is 27.3. The number of hydrogen-bond donors (Lipinski definition) is 2. The molecule has 0 aliphatic rings. The van der Waals surface area contributed by atoms with E-state index in [-0.39, 0.29) is 11.6 Å². The first-order valence-corrected chi connectivity index (χ1v) is 7.06. The van der Waals surface area contributed by atoms with Gasteiger partial charge in [-0.05, 0) is 37.6 Å². The molecule has 110 valence electrons. The number of nitrogens with one attached hydrogen (secondary N) is 1. The summed E-state index contributed by atoms with van der Waals surface area (Å²) in [5.74, 6) is 4.73. The van der Waals surface area contributed by atoms with Gasteiger partial charge in [0.2, 0.25) is 0 Å². The lowest BCUT2D eigenvalue weighted by atomic mass is 10.1. The summed E-state index contributed by atoms with van der Waals surface area (Å²) >= 11 is 3.41.